The van der Waals surface area contributed by atoms with E-state index in [9.17, 15) is 9.59 Å². The molecule has 0 radical (unpaired) electrons. The van der Waals surface area contributed by atoms with Crippen LogP contribution >= 0.6 is 0 Å². The first-order valence-electron chi connectivity index (χ1n) is 9.79. The molecule has 0 fully saturated rings. The molecule has 1 aromatic heterocycles. The van der Waals surface area contributed by atoms with Gasteiger partial charge in [-0.25, -0.2) is 0 Å². The van der Waals surface area contributed by atoms with Crippen molar-refractivity contribution >= 4 is 34.1 Å². The van der Waals surface area contributed by atoms with Crippen molar-refractivity contribution < 1.29 is 9.59 Å². The number of para-hydroxylation sites is 1. The summed E-state index contributed by atoms with van der Waals surface area (Å²) >= 11 is 0. The molecule has 0 saturated carbocycles. The van der Waals surface area contributed by atoms with E-state index in [1.807, 2.05) is 63.2 Å². The highest BCUT2D eigenvalue weighted by molar-refractivity contribution is 6.09. The van der Waals surface area contributed by atoms with Crippen LogP contribution in [0.1, 0.15) is 37.5 Å². The number of benzene rings is 3. The smallest absolute Gasteiger partial charge is 0.272 e. The number of H-pyrrole nitrogens is 1. The Labute approximate surface area is 175 Å². The molecule has 2 amide bonds. The van der Waals surface area contributed by atoms with Crippen molar-refractivity contribution in [1.29, 1.82) is 0 Å². The van der Waals surface area contributed by atoms with Gasteiger partial charge in [-0.1, -0.05) is 30.3 Å². The first-order chi connectivity index (χ1) is 14.4. The molecule has 0 spiro atoms. The minimum Gasteiger partial charge on any atom is -0.351 e. The fourth-order valence-corrected chi connectivity index (χ4v) is 3.65. The third-order valence-corrected chi connectivity index (χ3v) is 5.19. The fraction of sp³-hybridized carbons (Fsp3) is 0.120. The van der Waals surface area contributed by atoms with Crippen LogP contribution in [0.3, 0.4) is 0 Å². The first-order valence-corrected chi connectivity index (χ1v) is 9.79. The largest absolute Gasteiger partial charge is 0.351 e. The lowest BCUT2D eigenvalue weighted by atomic mass is 10.1. The first kappa shape index (κ1) is 19.5. The third-order valence-electron chi connectivity index (χ3n) is 5.19. The summed E-state index contributed by atoms with van der Waals surface area (Å²) in [5.41, 5.74) is 6.23. The topological polar surface area (TPSA) is 74.0 Å². The van der Waals surface area contributed by atoms with Crippen molar-refractivity contribution in [3.05, 3.63) is 94.7 Å². The molecule has 5 nitrogen and oxygen atoms in total. The van der Waals surface area contributed by atoms with Gasteiger partial charge in [0.1, 0.15) is 5.69 Å². The molecule has 3 aromatic carbocycles. The number of carbonyl (C=O) groups excluding carboxylic acids is 2. The van der Waals surface area contributed by atoms with Crippen LogP contribution in [0.4, 0.5) is 11.4 Å². The van der Waals surface area contributed by atoms with E-state index in [0.29, 0.717) is 22.5 Å². The number of anilines is 2. The predicted octanol–water partition coefficient (Wildman–Crippen LogP) is 5.60. The van der Waals surface area contributed by atoms with Crippen molar-refractivity contribution in [3.8, 4) is 0 Å². The van der Waals surface area contributed by atoms with Gasteiger partial charge in [0.15, 0.2) is 0 Å². The molecule has 4 aromatic rings. The van der Waals surface area contributed by atoms with Crippen molar-refractivity contribution in [2.75, 3.05) is 10.6 Å². The minimum absolute atomic E-state index is 0.216. The summed E-state index contributed by atoms with van der Waals surface area (Å²) in [7, 11) is 0. The molecule has 0 unspecified atom stereocenters. The summed E-state index contributed by atoms with van der Waals surface area (Å²) < 4.78 is 0. The molecule has 5 heteroatoms. The molecule has 0 bridgehead atoms. The van der Waals surface area contributed by atoms with Gasteiger partial charge in [-0.05, 0) is 73.9 Å². The Morgan fingerprint density at radius 1 is 0.800 bits per heavy atom. The van der Waals surface area contributed by atoms with Crippen LogP contribution in [-0.2, 0) is 0 Å². The van der Waals surface area contributed by atoms with Gasteiger partial charge in [-0.15, -0.1) is 0 Å². The van der Waals surface area contributed by atoms with Gasteiger partial charge in [0.25, 0.3) is 11.8 Å². The Balaban J connectivity index is 1.58. The van der Waals surface area contributed by atoms with Gasteiger partial charge >= 0.3 is 0 Å². The Morgan fingerprint density at radius 3 is 2.33 bits per heavy atom. The Kier molecular flexibility index (Phi) is 5.11. The average Bonchev–Trinajstić information content (AvgIpc) is 3.15. The van der Waals surface area contributed by atoms with Gasteiger partial charge in [-0.2, -0.15) is 0 Å². The fourth-order valence-electron chi connectivity index (χ4n) is 3.65. The number of amides is 2. The van der Waals surface area contributed by atoms with Gasteiger partial charge in [0, 0.05) is 27.8 Å². The zero-order valence-electron chi connectivity index (χ0n) is 17.2. The number of rotatable bonds is 4. The van der Waals surface area contributed by atoms with E-state index in [4.69, 9.17) is 0 Å². The van der Waals surface area contributed by atoms with Crippen LogP contribution in [0.25, 0.3) is 10.9 Å². The van der Waals surface area contributed by atoms with E-state index in [-0.39, 0.29) is 11.8 Å². The zero-order valence-corrected chi connectivity index (χ0v) is 17.2. The maximum Gasteiger partial charge on any atom is 0.272 e. The number of fused-ring (bicyclic) bond motifs is 1. The summed E-state index contributed by atoms with van der Waals surface area (Å²) in [6.45, 7) is 5.89. The van der Waals surface area contributed by atoms with Crippen LogP contribution in [0.2, 0.25) is 0 Å². The molecule has 3 N–H and O–H groups in total. The van der Waals surface area contributed by atoms with Crippen LogP contribution < -0.4 is 10.6 Å². The molecule has 150 valence electrons. The number of hydrogen-bond donors (Lipinski definition) is 3. The van der Waals surface area contributed by atoms with Crippen molar-refractivity contribution in [2.24, 2.45) is 0 Å². The lowest BCUT2D eigenvalue weighted by Crippen LogP contribution is -2.17. The molecule has 0 aliphatic heterocycles. The molecular formula is C25H23N3O2. The number of carbonyl (C=O) groups is 2. The minimum atomic E-state index is -0.244. The molecule has 30 heavy (non-hydrogen) atoms. The predicted molar refractivity (Wildman–Crippen MR) is 121 cm³/mol. The molecule has 4 rings (SSSR count). The van der Waals surface area contributed by atoms with Crippen molar-refractivity contribution in [2.45, 2.75) is 20.8 Å². The SMILES string of the molecule is Cc1cc(C)c2cc(C(=O)Nc3cccc(C(=O)Nc4ccccc4)c3C)[nH]c2c1. The molecule has 1 heterocycles. The molecule has 0 atom stereocenters. The maximum absolute atomic E-state index is 12.9. The molecule has 0 saturated heterocycles. The van der Waals surface area contributed by atoms with Gasteiger partial charge in [0.2, 0.25) is 0 Å². The average molecular weight is 397 g/mol. The molecule has 0 aliphatic rings. The summed E-state index contributed by atoms with van der Waals surface area (Å²) in [5, 5.41) is 6.84. The maximum atomic E-state index is 12.9. The van der Waals surface area contributed by atoms with Crippen LogP contribution in [-0.4, -0.2) is 16.8 Å². The number of hydrogen-bond acceptors (Lipinski definition) is 2. The standard InChI is InChI=1S/C25H23N3O2/c1-15-12-16(2)20-14-23(27-22(20)13-15)25(30)28-21-11-7-10-19(17(21)3)24(29)26-18-8-5-4-6-9-18/h4-14,27H,1-3H3,(H,26,29)(H,28,30). The van der Waals surface area contributed by atoms with E-state index >= 15 is 0 Å². The second kappa shape index (κ2) is 7.87. The van der Waals surface area contributed by atoms with Gasteiger partial charge in [0.05, 0.1) is 0 Å². The Morgan fingerprint density at radius 2 is 1.57 bits per heavy atom. The summed E-state index contributed by atoms with van der Waals surface area (Å²) in [4.78, 5) is 28.8. The van der Waals surface area contributed by atoms with Crippen molar-refractivity contribution in [3.63, 3.8) is 0 Å². The number of aryl methyl sites for hydroxylation is 2. The Hall–Kier alpha value is -3.86. The summed E-state index contributed by atoms with van der Waals surface area (Å²) in [6.07, 6.45) is 0. The molecular weight excluding hydrogens is 374 g/mol. The van der Waals surface area contributed by atoms with E-state index in [1.165, 1.54) is 0 Å². The van der Waals surface area contributed by atoms with E-state index in [1.54, 1.807) is 18.2 Å². The second-order valence-electron chi connectivity index (χ2n) is 7.48. The zero-order chi connectivity index (χ0) is 21.3. The third kappa shape index (κ3) is 3.82. The van der Waals surface area contributed by atoms with Crippen LogP contribution in [0.15, 0.2) is 66.7 Å². The highest BCUT2D eigenvalue weighted by atomic mass is 16.2. The quantitative estimate of drug-likeness (QED) is 0.419. The highest BCUT2D eigenvalue weighted by Gasteiger charge is 2.16. The number of nitrogens with one attached hydrogen (secondary N) is 3. The van der Waals surface area contributed by atoms with Crippen molar-refractivity contribution in [1.82, 2.24) is 4.98 Å². The second-order valence-corrected chi connectivity index (χ2v) is 7.48. The summed E-state index contributed by atoms with van der Waals surface area (Å²) in [6, 6.07) is 20.6. The number of aromatic amines is 1. The molecule has 0 aliphatic carbocycles. The highest BCUT2D eigenvalue weighted by Crippen LogP contribution is 2.24. The number of aromatic nitrogens is 1. The van der Waals surface area contributed by atoms with E-state index in [0.717, 1.165) is 27.7 Å². The van der Waals surface area contributed by atoms with Crippen LogP contribution in [0, 0.1) is 20.8 Å². The van der Waals surface area contributed by atoms with Gasteiger partial charge in [-0.3, -0.25) is 9.59 Å². The summed E-state index contributed by atoms with van der Waals surface area (Å²) in [5.74, 6) is -0.460. The van der Waals surface area contributed by atoms with Gasteiger partial charge < -0.3 is 15.6 Å². The monoisotopic (exact) mass is 397 g/mol. The lowest BCUT2D eigenvalue weighted by Gasteiger charge is -2.12. The van der Waals surface area contributed by atoms with Crippen LogP contribution in [0.5, 0.6) is 0 Å². The van der Waals surface area contributed by atoms with E-state index in [2.05, 4.69) is 21.7 Å². The lowest BCUT2D eigenvalue weighted by molar-refractivity contribution is 0.101. The Bertz CT molecular complexity index is 1260. The van der Waals surface area contributed by atoms with E-state index < -0.39 is 0 Å². The normalized spacial score (nSPS) is 10.8.